The largest absolute Gasteiger partial charge is 0.325 e. The molecule has 0 atom stereocenters. The number of carbonyl (C=O) groups excluding carboxylic acids is 1. The van der Waals surface area contributed by atoms with Gasteiger partial charge >= 0.3 is 0 Å². The van der Waals surface area contributed by atoms with E-state index in [1.165, 1.54) is 0 Å². The Balaban J connectivity index is 2.81. The molecule has 1 aromatic heterocycles. The Kier molecular flexibility index (Phi) is 3.05. The molecule has 78 valence electrons. The summed E-state index contributed by atoms with van der Waals surface area (Å²) in [6.45, 7) is 5.00. The quantitative estimate of drug-likeness (QED) is 0.798. The lowest BCUT2D eigenvalue weighted by Gasteiger charge is -2.14. The van der Waals surface area contributed by atoms with Crippen LogP contribution in [0.25, 0.3) is 0 Å². The standard InChI is InChI=1S/C11H13N3O/c1-8-6-9(4-5-13-8)14-10(15)11(2,3)7-12/h4-6H,1-3H3,(H,13,14,15). The number of nitrogens with one attached hydrogen (secondary N) is 1. The van der Waals surface area contributed by atoms with Gasteiger partial charge in [-0.15, -0.1) is 0 Å². The van der Waals surface area contributed by atoms with Crippen molar-refractivity contribution in [2.75, 3.05) is 5.32 Å². The topological polar surface area (TPSA) is 65.8 Å². The van der Waals surface area contributed by atoms with Gasteiger partial charge in [0, 0.05) is 17.6 Å². The van der Waals surface area contributed by atoms with Crippen LogP contribution >= 0.6 is 0 Å². The van der Waals surface area contributed by atoms with Crippen LogP contribution in [0, 0.1) is 23.7 Å². The van der Waals surface area contributed by atoms with Crippen molar-refractivity contribution < 1.29 is 4.79 Å². The molecule has 0 aliphatic rings. The van der Waals surface area contributed by atoms with Crippen molar-refractivity contribution in [1.82, 2.24) is 4.98 Å². The minimum absolute atomic E-state index is 0.310. The van der Waals surface area contributed by atoms with Gasteiger partial charge in [0.15, 0.2) is 0 Å². The third kappa shape index (κ3) is 2.78. The van der Waals surface area contributed by atoms with Gasteiger partial charge in [0.2, 0.25) is 5.91 Å². The molecule has 4 heteroatoms. The summed E-state index contributed by atoms with van der Waals surface area (Å²) in [6.07, 6.45) is 1.62. The molecule has 0 saturated carbocycles. The molecular formula is C11H13N3O. The molecule has 0 aliphatic carbocycles. The smallest absolute Gasteiger partial charge is 0.244 e. The second-order valence-corrected chi connectivity index (χ2v) is 3.88. The summed E-state index contributed by atoms with van der Waals surface area (Å²) in [7, 11) is 0. The Hall–Kier alpha value is -1.89. The maximum Gasteiger partial charge on any atom is 0.244 e. The third-order valence-corrected chi connectivity index (χ3v) is 2.00. The normalized spacial score (nSPS) is 10.5. The van der Waals surface area contributed by atoms with E-state index in [9.17, 15) is 4.79 Å². The van der Waals surface area contributed by atoms with Gasteiger partial charge in [-0.05, 0) is 32.9 Å². The molecule has 1 rings (SSSR count). The zero-order valence-corrected chi connectivity index (χ0v) is 9.03. The molecule has 1 heterocycles. The summed E-state index contributed by atoms with van der Waals surface area (Å²) < 4.78 is 0. The average molecular weight is 203 g/mol. The van der Waals surface area contributed by atoms with Crippen LogP contribution in [0.5, 0.6) is 0 Å². The number of rotatable bonds is 2. The van der Waals surface area contributed by atoms with Gasteiger partial charge in [0.25, 0.3) is 0 Å². The second kappa shape index (κ2) is 4.09. The van der Waals surface area contributed by atoms with Crippen LogP contribution in [-0.4, -0.2) is 10.9 Å². The average Bonchev–Trinajstić information content (AvgIpc) is 2.17. The van der Waals surface area contributed by atoms with Crippen molar-refractivity contribution in [3.63, 3.8) is 0 Å². The zero-order valence-electron chi connectivity index (χ0n) is 9.03. The number of hydrogen-bond acceptors (Lipinski definition) is 3. The van der Waals surface area contributed by atoms with Gasteiger partial charge in [-0.3, -0.25) is 9.78 Å². The van der Waals surface area contributed by atoms with Gasteiger partial charge in [-0.2, -0.15) is 5.26 Å². The van der Waals surface area contributed by atoms with Crippen LogP contribution in [0.3, 0.4) is 0 Å². The van der Waals surface area contributed by atoms with Crippen molar-refractivity contribution in [2.24, 2.45) is 5.41 Å². The minimum Gasteiger partial charge on any atom is -0.325 e. The fourth-order valence-corrected chi connectivity index (χ4v) is 0.961. The molecule has 4 nitrogen and oxygen atoms in total. The first-order chi connectivity index (χ1) is 6.95. The van der Waals surface area contributed by atoms with Gasteiger partial charge in [0.05, 0.1) is 6.07 Å². The van der Waals surface area contributed by atoms with Crippen LogP contribution in [0.2, 0.25) is 0 Å². The van der Waals surface area contributed by atoms with Gasteiger partial charge in [-0.25, -0.2) is 0 Å². The van der Waals surface area contributed by atoms with Crippen molar-refractivity contribution in [1.29, 1.82) is 5.26 Å². The fourth-order valence-electron chi connectivity index (χ4n) is 0.961. The number of aromatic nitrogens is 1. The summed E-state index contributed by atoms with van der Waals surface area (Å²) in [5, 5.41) is 11.4. The SMILES string of the molecule is Cc1cc(NC(=O)C(C)(C)C#N)ccn1. The summed E-state index contributed by atoms with van der Waals surface area (Å²) in [4.78, 5) is 15.6. The van der Waals surface area contributed by atoms with Crippen molar-refractivity contribution in [3.05, 3.63) is 24.0 Å². The number of aryl methyl sites for hydroxylation is 1. The predicted molar refractivity (Wildman–Crippen MR) is 57.0 cm³/mol. The molecule has 1 aromatic rings. The van der Waals surface area contributed by atoms with Crippen LogP contribution in [-0.2, 0) is 4.79 Å². The lowest BCUT2D eigenvalue weighted by molar-refractivity contribution is -0.121. The minimum atomic E-state index is -1.02. The molecule has 0 fully saturated rings. The van der Waals surface area contributed by atoms with E-state index in [1.807, 2.05) is 13.0 Å². The first kappa shape index (κ1) is 11.2. The molecule has 1 amide bonds. The highest BCUT2D eigenvalue weighted by atomic mass is 16.2. The van der Waals surface area contributed by atoms with Gasteiger partial charge in [0.1, 0.15) is 5.41 Å². The molecule has 0 unspecified atom stereocenters. The highest BCUT2D eigenvalue weighted by Crippen LogP contribution is 2.17. The maximum absolute atomic E-state index is 11.6. The number of anilines is 1. The van der Waals surface area contributed by atoms with Crippen LogP contribution in [0.4, 0.5) is 5.69 Å². The molecule has 0 radical (unpaired) electrons. The maximum atomic E-state index is 11.6. The number of nitriles is 1. The van der Waals surface area contributed by atoms with Crippen LogP contribution < -0.4 is 5.32 Å². The molecule has 0 saturated heterocycles. The van der Waals surface area contributed by atoms with Crippen molar-refractivity contribution >= 4 is 11.6 Å². The summed E-state index contributed by atoms with van der Waals surface area (Å²) in [6, 6.07) is 5.40. The van der Waals surface area contributed by atoms with E-state index in [0.29, 0.717) is 5.69 Å². The highest BCUT2D eigenvalue weighted by Gasteiger charge is 2.27. The monoisotopic (exact) mass is 203 g/mol. The Morgan fingerprint density at radius 2 is 2.27 bits per heavy atom. The predicted octanol–water partition coefficient (Wildman–Crippen LogP) is 1.88. The number of pyridine rings is 1. The van der Waals surface area contributed by atoms with Crippen LogP contribution in [0.15, 0.2) is 18.3 Å². The fraction of sp³-hybridized carbons (Fsp3) is 0.364. The van der Waals surface area contributed by atoms with Crippen LogP contribution in [0.1, 0.15) is 19.5 Å². The number of hydrogen-bond donors (Lipinski definition) is 1. The third-order valence-electron chi connectivity index (χ3n) is 2.00. The molecule has 0 aromatic carbocycles. The van der Waals surface area contributed by atoms with Gasteiger partial charge < -0.3 is 5.32 Å². The van der Waals surface area contributed by atoms with E-state index in [4.69, 9.17) is 5.26 Å². The van der Waals surface area contributed by atoms with Gasteiger partial charge in [-0.1, -0.05) is 0 Å². The zero-order chi connectivity index (χ0) is 11.5. The lowest BCUT2D eigenvalue weighted by Crippen LogP contribution is -2.29. The van der Waals surface area contributed by atoms with E-state index in [1.54, 1.807) is 32.2 Å². The summed E-state index contributed by atoms with van der Waals surface area (Å²) >= 11 is 0. The second-order valence-electron chi connectivity index (χ2n) is 3.88. The Labute approximate surface area is 88.9 Å². The molecule has 0 bridgehead atoms. The molecule has 0 spiro atoms. The van der Waals surface area contributed by atoms with Crippen molar-refractivity contribution in [2.45, 2.75) is 20.8 Å². The Bertz CT molecular complexity index is 418. The lowest BCUT2D eigenvalue weighted by atomic mass is 9.95. The molecule has 15 heavy (non-hydrogen) atoms. The van der Waals surface area contributed by atoms with E-state index < -0.39 is 5.41 Å². The number of nitrogens with zero attached hydrogens (tertiary/aromatic N) is 2. The van der Waals surface area contributed by atoms with E-state index >= 15 is 0 Å². The van der Waals surface area contributed by atoms with E-state index in [0.717, 1.165) is 5.69 Å². The van der Waals surface area contributed by atoms with Crippen molar-refractivity contribution in [3.8, 4) is 6.07 Å². The number of amides is 1. The Morgan fingerprint density at radius 3 is 2.80 bits per heavy atom. The Morgan fingerprint density at radius 1 is 1.60 bits per heavy atom. The number of carbonyl (C=O) groups is 1. The molecule has 1 N–H and O–H groups in total. The first-order valence-corrected chi connectivity index (χ1v) is 4.61. The highest BCUT2D eigenvalue weighted by molar-refractivity contribution is 5.96. The summed E-state index contributed by atoms with van der Waals surface area (Å²) in [5.74, 6) is -0.310. The molecule has 0 aliphatic heterocycles. The van der Waals surface area contributed by atoms with E-state index in [-0.39, 0.29) is 5.91 Å². The first-order valence-electron chi connectivity index (χ1n) is 4.61. The molecular weight excluding hydrogens is 190 g/mol. The van der Waals surface area contributed by atoms with E-state index in [2.05, 4.69) is 10.3 Å². The summed E-state index contributed by atoms with van der Waals surface area (Å²) in [5.41, 5.74) is 0.468.